The number of carbonyl (C=O) groups excluding carboxylic acids is 1. The van der Waals surface area contributed by atoms with E-state index < -0.39 is 5.41 Å². The number of unbranched alkanes of at least 4 members (excludes halogenated alkanes) is 7. The molecular formula is C19H38O5. The van der Waals surface area contributed by atoms with Crippen molar-refractivity contribution in [1.29, 1.82) is 0 Å². The van der Waals surface area contributed by atoms with Gasteiger partial charge in [-0.15, -0.1) is 0 Å². The predicted octanol–water partition coefficient (Wildman–Crippen LogP) is 3.22. The molecule has 0 aromatic carbocycles. The lowest BCUT2D eigenvalue weighted by molar-refractivity contribution is -0.137. The molecule has 0 spiro atoms. The summed E-state index contributed by atoms with van der Waals surface area (Å²) in [5.41, 5.74) is -0.667. The molecule has 0 bridgehead atoms. The minimum absolute atomic E-state index is 0.156. The minimum Gasteiger partial charge on any atom is -0.463 e. The van der Waals surface area contributed by atoms with Crippen molar-refractivity contribution in [3.8, 4) is 0 Å². The molecule has 0 heterocycles. The van der Waals surface area contributed by atoms with E-state index in [1.165, 1.54) is 44.6 Å². The Bertz CT molecular complexity index is 270. The molecule has 0 aliphatic carbocycles. The molecule has 0 radical (unpaired) electrons. The Morgan fingerprint density at radius 2 is 1.38 bits per heavy atom. The highest BCUT2D eigenvalue weighted by Crippen LogP contribution is 2.18. The van der Waals surface area contributed by atoms with Crippen LogP contribution in [0, 0.1) is 5.41 Å². The van der Waals surface area contributed by atoms with E-state index in [0.29, 0.717) is 13.0 Å². The molecule has 0 saturated carbocycles. The normalized spacial score (nSPS) is 10.7. The Kier molecular flexibility index (Phi) is 19.5. The van der Waals surface area contributed by atoms with Gasteiger partial charge in [0.1, 0.15) is 0 Å². The maximum absolute atomic E-state index is 10.7. The summed E-state index contributed by atoms with van der Waals surface area (Å²) < 4.78 is 4.88. The van der Waals surface area contributed by atoms with Crippen LogP contribution in [0.1, 0.15) is 71.6 Å². The van der Waals surface area contributed by atoms with Crippen LogP contribution in [0.15, 0.2) is 12.7 Å². The first-order valence-electron chi connectivity index (χ1n) is 9.17. The Labute approximate surface area is 147 Å². The molecule has 5 nitrogen and oxygen atoms in total. The number of aliphatic hydroxyl groups is 3. The molecule has 3 N–H and O–H groups in total. The average molecular weight is 347 g/mol. The summed E-state index contributed by atoms with van der Waals surface area (Å²) in [5, 5.41) is 26.0. The third-order valence-electron chi connectivity index (χ3n) is 4.17. The van der Waals surface area contributed by atoms with E-state index >= 15 is 0 Å². The fourth-order valence-electron chi connectivity index (χ4n) is 1.95. The number of esters is 1. The SMILES string of the molecule is C=CC(=O)OCCCCCCCCCC.CCC(CO)(CO)CO. The summed E-state index contributed by atoms with van der Waals surface area (Å²) in [5.74, 6) is -0.307. The van der Waals surface area contributed by atoms with E-state index in [9.17, 15) is 4.79 Å². The van der Waals surface area contributed by atoms with E-state index in [-0.39, 0.29) is 25.8 Å². The maximum atomic E-state index is 10.7. The van der Waals surface area contributed by atoms with Gasteiger partial charge in [0.2, 0.25) is 0 Å². The zero-order valence-corrected chi connectivity index (χ0v) is 15.6. The predicted molar refractivity (Wildman–Crippen MR) is 97.7 cm³/mol. The standard InChI is InChI=1S/C13H24O2.C6H14O3/c1-3-5-6-7-8-9-10-11-12-15-13(14)4-2;1-2-6(3-7,4-8)5-9/h4H,2-3,5-12H2,1H3;7-9H,2-5H2,1H3. The topological polar surface area (TPSA) is 87.0 Å². The lowest BCUT2D eigenvalue weighted by Gasteiger charge is -2.24. The summed E-state index contributed by atoms with van der Waals surface area (Å²) in [6, 6.07) is 0. The Morgan fingerprint density at radius 3 is 1.71 bits per heavy atom. The molecule has 0 aliphatic heterocycles. The second kappa shape index (κ2) is 18.4. The number of hydrogen-bond donors (Lipinski definition) is 3. The number of hydrogen-bond acceptors (Lipinski definition) is 5. The molecule has 24 heavy (non-hydrogen) atoms. The molecular weight excluding hydrogens is 308 g/mol. The number of rotatable bonds is 14. The maximum Gasteiger partial charge on any atom is 0.330 e. The highest BCUT2D eigenvalue weighted by molar-refractivity contribution is 5.81. The third kappa shape index (κ3) is 14.7. The van der Waals surface area contributed by atoms with Crippen LogP contribution in [0.5, 0.6) is 0 Å². The highest BCUT2D eigenvalue weighted by Gasteiger charge is 2.24. The molecule has 0 aromatic rings. The quantitative estimate of drug-likeness (QED) is 0.255. The Balaban J connectivity index is 0. The molecule has 0 aliphatic rings. The van der Waals surface area contributed by atoms with Gasteiger partial charge >= 0.3 is 5.97 Å². The van der Waals surface area contributed by atoms with Crippen molar-refractivity contribution in [2.24, 2.45) is 5.41 Å². The van der Waals surface area contributed by atoms with Crippen molar-refractivity contribution < 1.29 is 24.9 Å². The highest BCUT2D eigenvalue weighted by atomic mass is 16.5. The average Bonchev–Trinajstić information content (AvgIpc) is 2.63. The van der Waals surface area contributed by atoms with Gasteiger partial charge in [0.25, 0.3) is 0 Å². The van der Waals surface area contributed by atoms with Gasteiger partial charge < -0.3 is 20.1 Å². The molecule has 0 atom stereocenters. The van der Waals surface area contributed by atoms with Gasteiger partial charge in [0.05, 0.1) is 26.4 Å². The first-order chi connectivity index (χ1) is 11.6. The van der Waals surface area contributed by atoms with E-state index in [1.54, 1.807) is 0 Å². The van der Waals surface area contributed by atoms with E-state index in [0.717, 1.165) is 12.8 Å². The van der Waals surface area contributed by atoms with E-state index in [4.69, 9.17) is 20.1 Å². The fraction of sp³-hybridized carbons (Fsp3) is 0.842. The number of carbonyl (C=O) groups is 1. The van der Waals surface area contributed by atoms with Crippen LogP contribution in [0.4, 0.5) is 0 Å². The second-order valence-electron chi connectivity index (χ2n) is 6.17. The van der Waals surface area contributed by atoms with Crippen molar-refractivity contribution in [2.75, 3.05) is 26.4 Å². The zero-order chi connectivity index (χ0) is 18.7. The smallest absolute Gasteiger partial charge is 0.330 e. The van der Waals surface area contributed by atoms with Gasteiger partial charge in [-0.1, -0.05) is 65.4 Å². The van der Waals surface area contributed by atoms with Crippen LogP contribution in [0.25, 0.3) is 0 Å². The first-order valence-corrected chi connectivity index (χ1v) is 9.17. The monoisotopic (exact) mass is 346 g/mol. The zero-order valence-electron chi connectivity index (χ0n) is 15.6. The molecule has 0 rings (SSSR count). The molecule has 0 fully saturated rings. The van der Waals surface area contributed by atoms with Crippen LogP contribution >= 0.6 is 0 Å². The van der Waals surface area contributed by atoms with E-state index in [2.05, 4.69) is 13.5 Å². The van der Waals surface area contributed by atoms with Crippen molar-refractivity contribution in [1.82, 2.24) is 0 Å². The first kappa shape index (κ1) is 25.3. The van der Waals surface area contributed by atoms with Crippen LogP contribution in [0.3, 0.4) is 0 Å². The molecule has 0 amide bonds. The van der Waals surface area contributed by atoms with Crippen LogP contribution in [-0.2, 0) is 9.53 Å². The number of aliphatic hydroxyl groups excluding tert-OH is 3. The third-order valence-corrected chi connectivity index (χ3v) is 4.17. The van der Waals surface area contributed by atoms with Crippen molar-refractivity contribution in [3.05, 3.63) is 12.7 Å². The molecule has 5 heteroatoms. The van der Waals surface area contributed by atoms with Gasteiger partial charge in [-0.05, 0) is 12.8 Å². The largest absolute Gasteiger partial charge is 0.463 e. The summed E-state index contributed by atoms with van der Waals surface area (Å²) >= 11 is 0. The summed E-state index contributed by atoms with van der Waals surface area (Å²) in [6.07, 6.45) is 11.9. The molecule has 144 valence electrons. The summed E-state index contributed by atoms with van der Waals surface area (Å²) in [6.45, 7) is 7.47. The number of ether oxygens (including phenoxy) is 1. The van der Waals surface area contributed by atoms with E-state index in [1.807, 2.05) is 6.92 Å². The summed E-state index contributed by atoms with van der Waals surface area (Å²) in [4.78, 5) is 10.7. The van der Waals surface area contributed by atoms with Gasteiger partial charge in [-0.2, -0.15) is 0 Å². The van der Waals surface area contributed by atoms with Crippen LogP contribution in [0.2, 0.25) is 0 Å². The molecule has 0 unspecified atom stereocenters. The lowest BCUT2D eigenvalue weighted by atomic mass is 9.88. The van der Waals surface area contributed by atoms with Crippen LogP contribution in [-0.4, -0.2) is 47.7 Å². The van der Waals surface area contributed by atoms with Crippen LogP contribution < -0.4 is 0 Å². The lowest BCUT2D eigenvalue weighted by Crippen LogP contribution is -2.32. The van der Waals surface area contributed by atoms with Gasteiger partial charge in [0.15, 0.2) is 0 Å². The van der Waals surface area contributed by atoms with Gasteiger partial charge in [0, 0.05) is 11.5 Å². The Hall–Kier alpha value is -0.910. The van der Waals surface area contributed by atoms with Gasteiger partial charge in [-0.3, -0.25) is 0 Å². The van der Waals surface area contributed by atoms with Crippen molar-refractivity contribution in [2.45, 2.75) is 71.6 Å². The van der Waals surface area contributed by atoms with Crippen molar-refractivity contribution in [3.63, 3.8) is 0 Å². The molecule has 0 aromatic heterocycles. The van der Waals surface area contributed by atoms with Gasteiger partial charge in [-0.25, -0.2) is 4.79 Å². The Morgan fingerprint density at radius 1 is 0.917 bits per heavy atom. The van der Waals surface area contributed by atoms with Crippen molar-refractivity contribution >= 4 is 5.97 Å². The fourth-order valence-corrected chi connectivity index (χ4v) is 1.95. The molecule has 0 saturated heterocycles. The second-order valence-corrected chi connectivity index (χ2v) is 6.17. The summed E-state index contributed by atoms with van der Waals surface area (Å²) in [7, 11) is 0. The minimum atomic E-state index is -0.667.